The van der Waals surface area contributed by atoms with Crippen LogP contribution < -0.4 is 9.80 Å². The highest BCUT2D eigenvalue weighted by Gasteiger charge is 2.21. The molecule has 150 valence electrons. The average Bonchev–Trinajstić information content (AvgIpc) is 2.93. The SMILES string of the molecule is CCc1cc(N2CCCN(CC(=O)N(C)C)CC2)nc(N2CCCCC2)n1. The lowest BCUT2D eigenvalue weighted by atomic mass is 10.1. The van der Waals surface area contributed by atoms with Crippen LogP contribution in [0, 0.1) is 0 Å². The predicted octanol–water partition coefficient (Wildman–Crippen LogP) is 1.63. The molecule has 0 atom stereocenters. The predicted molar refractivity (Wildman–Crippen MR) is 109 cm³/mol. The number of rotatable bonds is 5. The van der Waals surface area contributed by atoms with E-state index in [4.69, 9.17) is 9.97 Å². The van der Waals surface area contributed by atoms with Gasteiger partial charge in [0, 0.05) is 65.1 Å². The van der Waals surface area contributed by atoms with E-state index in [1.165, 1.54) is 19.3 Å². The van der Waals surface area contributed by atoms with Crippen LogP contribution in [-0.4, -0.2) is 85.6 Å². The van der Waals surface area contributed by atoms with Gasteiger partial charge in [-0.3, -0.25) is 9.69 Å². The number of likely N-dealkylation sites (N-methyl/N-ethyl adjacent to an activating group) is 1. The molecule has 1 aromatic heterocycles. The smallest absolute Gasteiger partial charge is 0.236 e. The highest BCUT2D eigenvalue weighted by Crippen LogP contribution is 2.22. The third-order valence-electron chi connectivity index (χ3n) is 5.53. The summed E-state index contributed by atoms with van der Waals surface area (Å²) >= 11 is 0. The molecule has 1 amide bonds. The molecule has 0 aromatic carbocycles. The molecule has 2 aliphatic heterocycles. The fraction of sp³-hybridized carbons (Fsp3) is 0.750. The van der Waals surface area contributed by atoms with Crippen LogP contribution in [0.25, 0.3) is 0 Å². The minimum absolute atomic E-state index is 0.172. The summed E-state index contributed by atoms with van der Waals surface area (Å²) in [5.41, 5.74) is 1.12. The van der Waals surface area contributed by atoms with Gasteiger partial charge < -0.3 is 14.7 Å². The Morgan fingerprint density at radius 1 is 0.963 bits per heavy atom. The zero-order chi connectivity index (χ0) is 19.2. The van der Waals surface area contributed by atoms with Gasteiger partial charge in [0.25, 0.3) is 0 Å². The van der Waals surface area contributed by atoms with Gasteiger partial charge in [0.2, 0.25) is 11.9 Å². The topological polar surface area (TPSA) is 55.8 Å². The molecule has 0 radical (unpaired) electrons. The first-order valence-corrected chi connectivity index (χ1v) is 10.4. The fourth-order valence-electron chi connectivity index (χ4n) is 3.74. The van der Waals surface area contributed by atoms with Gasteiger partial charge in [0.15, 0.2) is 0 Å². The minimum Gasteiger partial charge on any atom is -0.355 e. The molecule has 1 aromatic rings. The van der Waals surface area contributed by atoms with Gasteiger partial charge in [-0.2, -0.15) is 4.98 Å². The number of amides is 1. The van der Waals surface area contributed by atoms with Crippen LogP contribution >= 0.6 is 0 Å². The van der Waals surface area contributed by atoms with E-state index in [-0.39, 0.29) is 5.91 Å². The average molecular weight is 375 g/mol. The Kier molecular flexibility index (Phi) is 6.88. The molecule has 0 unspecified atom stereocenters. The standard InChI is InChI=1S/C20H34N6O/c1-4-17-15-18(22-20(21-17)26-10-6-5-7-11-26)25-12-8-9-24(13-14-25)16-19(27)23(2)3/h15H,4-14,16H2,1-3H3. The number of hydrogen-bond acceptors (Lipinski definition) is 6. The van der Waals surface area contributed by atoms with Crippen LogP contribution in [-0.2, 0) is 11.2 Å². The second-order valence-corrected chi connectivity index (χ2v) is 7.82. The minimum atomic E-state index is 0.172. The number of anilines is 2. The van der Waals surface area contributed by atoms with Gasteiger partial charge >= 0.3 is 0 Å². The molecule has 2 saturated heterocycles. The summed E-state index contributed by atoms with van der Waals surface area (Å²) in [5, 5.41) is 0. The summed E-state index contributed by atoms with van der Waals surface area (Å²) in [4.78, 5) is 30.4. The molecule has 3 heterocycles. The van der Waals surface area contributed by atoms with Gasteiger partial charge in [-0.25, -0.2) is 4.98 Å². The molecule has 7 nitrogen and oxygen atoms in total. The van der Waals surface area contributed by atoms with Crippen LogP contribution in [0.4, 0.5) is 11.8 Å². The Hall–Kier alpha value is -1.89. The van der Waals surface area contributed by atoms with Crippen molar-refractivity contribution < 1.29 is 4.79 Å². The van der Waals surface area contributed by atoms with Crippen LogP contribution in [0.2, 0.25) is 0 Å². The molecule has 2 fully saturated rings. The largest absolute Gasteiger partial charge is 0.355 e. The number of carbonyl (C=O) groups excluding carboxylic acids is 1. The molecular weight excluding hydrogens is 340 g/mol. The fourth-order valence-corrected chi connectivity index (χ4v) is 3.74. The lowest BCUT2D eigenvalue weighted by molar-refractivity contribution is -0.129. The van der Waals surface area contributed by atoms with Gasteiger partial charge in [-0.1, -0.05) is 6.92 Å². The Morgan fingerprint density at radius 3 is 2.41 bits per heavy atom. The highest BCUT2D eigenvalue weighted by atomic mass is 16.2. The molecule has 2 aliphatic rings. The van der Waals surface area contributed by atoms with Crippen molar-refractivity contribution in [2.45, 2.75) is 39.0 Å². The third-order valence-corrected chi connectivity index (χ3v) is 5.53. The van der Waals surface area contributed by atoms with E-state index in [1.54, 1.807) is 4.90 Å². The molecule has 3 rings (SSSR count). The van der Waals surface area contributed by atoms with E-state index in [0.717, 1.165) is 69.6 Å². The Bertz CT molecular complexity index is 629. The van der Waals surface area contributed by atoms with Crippen LogP contribution in [0.1, 0.15) is 38.3 Å². The van der Waals surface area contributed by atoms with Gasteiger partial charge in [0.05, 0.1) is 6.54 Å². The van der Waals surface area contributed by atoms with Crippen molar-refractivity contribution in [3.8, 4) is 0 Å². The summed E-state index contributed by atoms with van der Waals surface area (Å²) in [7, 11) is 3.64. The second-order valence-electron chi connectivity index (χ2n) is 7.82. The number of aryl methyl sites for hydroxylation is 1. The maximum atomic E-state index is 12.0. The molecule has 0 spiro atoms. The van der Waals surface area contributed by atoms with E-state index >= 15 is 0 Å². The quantitative estimate of drug-likeness (QED) is 0.781. The maximum Gasteiger partial charge on any atom is 0.236 e. The Labute approximate surface area is 163 Å². The first kappa shape index (κ1) is 19.9. The van der Waals surface area contributed by atoms with E-state index in [0.29, 0.717) is 6.54 Å². The number of piperidine rings is 1. The van der Waals surface area contributed by atoms with Crippen molar-refractivity contribution in [3.63, 3.8) is 0 Å². The van der Waals surface area contributed by atoms with Crippen molar-refractivity contribution in [1.82, 2.24) is 19.8 Å². The first-order chi connectivity index (χ1) is 13.1. The summed E-state index contributed by atoms with van der Waals surface area (Å²) in [5.74, 6) is 2.11. The Balaban J connectivity index is 1.70. The molecular formula is C20H34N6O. The zero-order valence-corrected chi connectivity index (χ0v) is 17.2. The Morgan fingerprint density at radius 2 is 1.70 bits per heavy atom. The normalized spacial score (nSPS) is 19.1. The molecule has 0 aliphatic carbocycles. The summed E-state index contributed by atoms with van der Waals surface area (Å²) < 4.78 is 0. The monoisotopic (exact) mass is 374 g/mol. The van der Waals surface area contributed by atoms with Gasteiger partial charge in [0.1, 0.15) is 5.82 Å². The van der Waals surface area contributed by atoms with E-state index in [9.17, 15) is 4.79 Å². The summed E-state index contributed by atoms with van der Waals surface area (Å²) in [6.07, 6.45) is 5.74. The van der Waals surface area contributed by atoms with Crippen LogP contribution in [0.15, 0.2) is 6.07 Å². The van der Waals surface area contributed by atoms with Gasteiger partial charge in [-0.15, -0.1) is 0 Å². The molecule has 27 heavy (non-hydrogen) atoms. The highest BCUT2D eigenvalue weighted by molar-refractivity contribution is 5.77. The molecule has 0 saturated carbocycles. The lowest BCUT2D eigenvalue weighted by Gasteiger charge is -2.29. The summed E-state index contributed by atoms with van der Waals surface area (Å²) in [6.45, 7) is 8.52. The third kappa shape index (κ3) is 5.31. The van der Waals surface area contributed by atoms with Crippen molar-refractivity contribution in [3.05, 3.63) is 11.8 Å². The zero-order valence-electron chi connectivity index (χ0n) is 17.2. The van der Waals surface area contributed by atoms with Crippen molar-refractivity contribution >= 4 is 17.7 Å². The second kappa shape index (κ2) is 9.35. The molecule has 0 N–H and O–H groups in total. The van der Waals surface area contributed by atoms with Crippen molar-refractivity contribution in [2.24, 2.45) is 0 Å². The van der Waals surface area contributed by atoms with Crippen molar-refractivity contribution in [2.75, 3.05) is 69.7 Å². The van der Waals surface area contributed by atoms with Gasteiger partial charge in [-0.05, 0) is 32.1 Å². The van der Waals surface area contributed by atoms with E-state index < -0.39 is 0 Å². The van der Waals surface area contributed by atoms with E-state index in [2.05, 4.69) is 27.7 Å². The maximum absolute atomic E-state index is 12.0. The lowest BCUT2D eigenvalue weighted by Crippen LogP contribution is -2.39. The number of aromatic nitrogens is 2. The number of nitrogens with zero attached hydrogens (tertiary/aromatic N) is 6. The van der Waals surface area contributed by atoms with Crippen LogP contribution in [0.5, 0.6) is 0 Å². The van der Waals surface area contributed by atoms with Crippen LogP contribution in [0.3, 0.4) is 0 Å². The number of carbonyl (C=O) groups is 1. The summed E-state index contributed by atoms with van der Waals surface area (Å²) in [6, 6.07) is 2.15. The number of hydrogen-bond donors (Lipinski definition) is 0. The van der Waals surface area contributed by atoms with E-state index in [1.807, 2.05) is 14.1 Å². The molecule has 7 heteroatoms. The molecule has 0 bridgehead atoms. The first-order valence-electron chi connectivity index (χ1n) is 10.4. The van der Waals surface area contributed by atoms with Crippen molar-refractivity contribution in [1.29, 1.82) is 0 Å².